The number of hydrogen-bond donors (Lipinski definition) is 1. The summed E-state index contributed by atoms with van der Waals surface area (Å²) in [6.45, 7) is 11.9. The molecule has 1 saturated carbocycles. The van der Waals surface area contributed by atoms with Gasteiger partial charge in [-0.05, 0) is 49.7 Å². The number of rotatable bonds is 5. The first kappa shape index (κ1) is 17.4. The Kier molecular flexibility index (Phi) is 5.55. The number of carbonyl (C=O) groups is 2. The van der Waals surface area contributed by atoms with Crippen molar-refractivity contribution < 1.29 is 19.1 Å². The van der Waals surface area contributed by atoms with Crippen LogP contribution in [0, 0.1) is 11.8 Å². The van der Waals surface area contributed by atoms with E-state index in [2.05, 4.69) is 33.9 Å². The number of hydrogen-bond acceptors (Lipinski definition) is 3. The summed E-state index contributed by atoms with van der Waals surface area (Å²) in [6.07, 6.45) is 3.18. The summed E-state index contributed by atoms with van der Waals surface area (Å²) in [5.74, 6) is -1.71. The molecule has 0 aromatic rings. The minimum Gasteiger partial charge on any atom is -0.475 e. The maximum atomic E-state index is 11.4. The number of aliphatic carboxylic acids is 1. The fraction of sp³-hybridized carbons (Fsp3) is 0.867. The Morgan fingerprint density at radius 3 is 2.05 bits per heavy atom. The van der Waals surface area contributed by atoms with Gasteiger partial charge in [-0.2, -0.15) is 0 Å². The summed E-state index contributed by atoms with van der Waals surface area (Å²) in [4.78, 5) is 22.1. The van der Waals surface area contributed by atoms with Gasteiger partial charge in [-0.1, -0.05) is 20.8 Å². The molecular formula is C15H28O4Si. The van der Waals surface area contributed by atoms with Crippen LogP contribution in [-0.4, -0.2) is 31.8 Å². The van der Waals surface area contributed by atoms with Crippen molar-refractivity contribution in [3.63, 3.8) is 0 Å². The summed E-state index contributed by atoms with van der Waals surface area (Å²) in [7, 11) is -1.71. The van der Waals surface area contributed by atoms with E-state index >= 15 is 0 Å². The molecule has 0 heterocycles. The van der Waals surface area contributed by atoms with E-state index in [1.54, 1.807) is 0 Å². The van der Waals surface area contributed by atoms with Crippen molar-refractivity contribution in [1.29, 1.82) is 0 Å². The lowest BCUT2D eigenvalue weighted by molar-refractivity contribution is -0.151. The van der Waals surface area contributed by atoms with Crippen LogP contribution in [0.5, 0.6) is 0 Å². The highest BCUT2D eigenvalue weighted by molar-refractivity contribution is 6.74. The molecule has 4 nitrogen and oxygen atoms in total. The number of carbonyl (C=O) groups excluding carboxylic acids is 1. The average molecular weight is 300 g/mol. The lowest BCUT2D eigenvalue weighted by atomic mass is 9.80. The van der Waals surface area contributed by atoms with E-state index in [-0.39, 0.29) is 11.0 Å². The Morgan fingerprint density at radius 2 is 1.65 bits per heavy atom. The zero-order chi connectivity index (χ0) is 15.6. The van der Waals surface area contributed by atoms with Crippen LogP contribution in [0.1, 0.15) is 46.5 Å². The molecule has 0 aromatic heterocycles. The van der Waals surface area contributed by atoms with Crippen LogP contribution in [0.3, 0.4) is 0 Å². The van der Waals surface area contributed by atoms with Crippen LogP contribution in [0.2, 0.25) is 18.1 Å². The van der Waals surface area contributed by atoms with Crippen molar-refractivity contribution >= 4 is 20.1 Å². The molecule has 0 spiro atoms. The molecule has 0 unspecified atom stereocenters. The van der Waals surface area contributed by atoms with E-state index in [0.29, 0.717) is 18.8 Å². The van der Waals surface area contributed by atoms with Gasteiger partial charge in [-0.3, -0.25) is 4.79 Å². The monoisotopic (exact) mass is 300 g/mol. The quantitative estimate of drug-likeness (QED) is 0.624. The second-order valence-corrected chi connectivity index (χ2v) is 12.3. The Bertz CT molecular complexity index is 363. The number of Topliss-reactive ketones (excluding diaryl/α,β-unsaturated/α-hetero) is 1. The van der Waals surface area contributed by atoms with E-state index in [9.17, 15) is 9.59 Å². The predicted octanol–water partition coefficient (Wildman–Crippen LogP) is 3.47. The molecule has 0 aromatic carbocycles. The summed E-state index contributed by atoms with van der Waals surface area (Å²) in [5, 5.41) is 8.94. The van der Waals surface area contributed by atoms with E-state index < -0.39 is 20.1 Å². The van der Waals surface area contributed by atoms with Crippen molar-refractivity contribution in [3.8, 4) is 0 Å². The molecule has 0 atom stereocenters. The highest BCUT2D eigenvalue weighted by Crippen LogP contribution is 2.38. The van der Waals surface area contributed by atoms with Crippen molar-refractivity contribution in [2.24, 2.45) is 11.8 Å². The smallest absolute Gasteiger partial charge is 0.372 e. The zero-order valence-electron chi connectivity index (χ0n) is 13.4. The molecule has 1 aliphatic rings. The first-order chi connectivity index (χ1) is 9.04. The van der Waals surface area contributed by atoms with Crippen molar-refractivity contribution in [1.82, 2.24) is 0 Å². The largest absolute Gasteiger partial charge is 0.475 e. The Labute approximate surface area is 123 Å². The number of carboxylic acids is 1. The van der Waals surface area contributed by atoms with Crippen molar-refractivity contribution in [2.75, 3.05) is 6.61 Å². The third-order valence-corrected chi connectivity index (χ3v) is 9.42. The molecule has 0 aliphatic heterocycles. The normalized spacial score (nSPS) is 24.4. The fourth-order valence-electron chi connectivity index (χ4n) is 2.31. The second-order valence-electron chi connectivity index (χ2n) is 7.46. The summed E-state index contributed by atoms with van der Waals surface area (Å²) in [6, 6.07) is 0. The lowest BCUT2D eigenvalue weighted by Crippen LogP contribution is -2.42. The van der Waals surface area contributed by atoms with Gasteiger partial charge in [0.25, 0.3) is 0 Å². The van der Waals surface area contributed by atoms with Crippen LogP contribution < -0.4 is 0 Å². The zero-order valence-corrected chi connectivity index (χ0v) is 14.4. The van der Waals surface area contributed by atoms with E-state index in [0.717, 1.165) is 19.4 Å². The molecule has 1 rings (SSSR count). The van der Waals surface area contributed by atoms with Gasteiger partial charge in [0.15, 0.2) is 8.32 Å². The van der Waals surface area contributed by atoms with E-state index in [1.165, 1.54) is 0 Å². The highest BCUT2D eigenvalue weighted by Gasteiger charge is 2.38. The molecule has 1 aliphatic carbocycles. The van der Waals surface area contributed by atoms with Gasteiger partial charge in [-0.15, -0.1) is 0 Å². The van der Waals surface area contributed by atoms with E-state index in [1.807, 2.05) is 0 Å². The molecule has 1 fully saturated rings. The van der Waals surface area contributed by atoms with Crippen LogP contribution >= 0.6 is 0 Å². The molecule has 0 radical (unpaired) electrons. The van der Waals surface area contributed by atoms with Gasteiger partial charge < -0.3 is 9.53 Å². The summed E-state index contributed by atoms with van der Waals surface area (Å²) < 4.78 is 6.21. The first-order valence-electron chi connectivity index (χ1n) is 7.45. The Balaban J connectivity index is 2.40. The Hall–Kier alpha value is -0.683. The molecule has 1 N–H and O–H groups in total. The highest BCUT2D eigenvalue weighted by atomic mass is 28.4. The van der Waals surface area contributed by atoms with Crippen LogP contribution in [0.15, 0.2) is 0 Å². The summed E-state index contributed by atoms with van der Waals surface area (Å²) >= 11 is 0. The maximum Gasteiger partial charge on any atom is 0.372 e. The standard InChI is InChI=1S/C15H28O4Si/c1-15(2,3)20(4,5)19-10-11-6-8-12(9-7-11)13(16)14(17)18/h11-12H,6-10H2,1-5H3,(H,17,18). The van der Waals surface area contributed by atoms with Gasteiger partial charge in [-0.25, -0.2) is 4.79 Å². The van der Waals surface area contributed by atoms with Gasteiger partial charge in [0.2, 0.25) is 5.78 Å². The van der Waals surface area contributed by atoms with Gasteiger partial charge in [0, 0.05) is 12.5 Å². The summed E-state index contributed by atoms with van der Waals surface area (Å²) in [5.41, 5.74) is 0. The molecule has 20 heavy (non-hydrogen) atoms. The topological polar surface area (TPSA) is 63.6 Å². The fourth-order valence-corrected chi connectivity index (χ4v) is 3.39. The molecule has 0 bridgehead atoms. The van der Waals surface area contributed by atoms with Crippen LogP contribution in [0.4, 0.5) is 0 Å². The van der Waals surface area contributed by atoms with E-state index in [4.69, 9.17) is 9.53 Å². The van der Waals surface area contributed by atoms with Crippen LogP contribution in [-0.2, 0) is 14.0 Å². The molecule has 0 amide bonds. The lowest BCUT2D eigenvalue weighted by Gasteiger charge is -2.38. The third-order valence-electron chi connectivity index (χ3n) is 4.91. The third kappa shape index (κ3) is 4.41. The number of carboxylic acid groups (broad SMARTS) is 1. The van der Waals surface area contributed by atoms with Crippen molar-refractivity contribution in [3.05, 3.63) is 0 Å². The average Bonchev–Trinajstić information content (AvgIpc) is 2.34. The minimum atomic E-state index is -1.71. The Morgan fingerprint density at radius 1 is 1.15 bits per heavy atom. The molecule has 0 saturated heterocycles. The second kappa shape index (κ2) is 6.39. The molecule has 116 valence electrons. The van der Waals surface area contributed by atoms with Crippen LogP contribution in [0.25, 0.3) is 0 Å². The van der Waals surface area contributed by atoms with Crippen molar-refractivity contribution in [2.45, 2.75) is 64.6 Å². The van der Waals surface area contributed by atoms with Gasteiger partial charge >= 0.3 is 5.97 Å². The molecule has 5 heteroatoms. The van der Waals surface area contributed by atoms with Gasteiger partial charge in [0.05, 0.1) is 0 Å². The SMILES string of the molecule is CC(C)(C)[Si](C)(C)OCC1CCC(C(=O)C(=O)O)CC1. The first-order valence-corrected chi connectivity index (χ1v) is 10.4. The number of ketones is 1. The van der Waals surface area contributed by atoms with Gasteiger partial charge in [0.1, 0.15) is 0 Å². The molecular weight excluding hydrogens is 272 g/mol. The maximum absolute atomic E-state index is 11.4. The minimum absolute atomic E-state index is 0.212. The predicted molar refractivity (Wildman–Crippen MR) is 81.2 cm³/mol.